The van der Waals surface area contributed by atoms with E-state index in [1.807, 2.05) is 24.3 Å². The molecule has 0 spiro atoms. The zero-order chi connectivity index (χ0) is 15.5. The van der Waals surface area contributed by atoms with E-state index in [1.165, 1.54) is 5.56 Å². The molecule has 2 aromatic rings. The third-order valence-corrected chi connectivity index (χ3v) is 4.18. The molecule has 1 amide bonds. The number of amides is 1. The summed E-state index contributed by atoms with van der Waals surface area (Å²) in [4.78, 5) is 11.0. The number of rotatable bonds is 3. The van der Waals surface area contributed by atoms with Gasteiger partial charge in [-0.2, -0.15) is 0 Å². The normalized spacial score (nSPS) is 16.7. The minimum atomic E-state index is -0.965. The number of carboxylic acid groups (broad SMARTS) is 1. The maximum atomic E-state index is 11.0. The molecule has 0 saturated heterocycles. The molecule has 0 aromatic heterocycles. The molecule has 4 nitrogen and oxygen atoms in total. The number of fused-ring (bicyclic) bond motifs is 1. The minimum Gasteiger partial charge on any atom is -0.497 e. The molecule has 3 rings (SSSR count). The number of nitrogens with one attached hydrogen (secondary N) is 1. The molecule has 1 unspecified atom stereocenters. The Morgan fingerprint density at radius 2 is 1.91 bits per heavy atom. The Morgan fingerprint density at radius 1 is 1.18 bits per heavy atom. The molecule has 0 bridgehead atoms. The second-order valence-electron chi connectivity index (χ2n) is 5.54. The standard InChI is InChI=1S/C18H19NO3/c1-22-15-9-7-12(8-10-15)14-6-5-13-3-2-4-17(16(13)11-14)19-18(20)21/h5-11,17,19H,2-4H2,1H3,(H,20,21). The topological polar surface area (TPSA) is 58.6 Å². The van der Waals surface area contributed by atoms with Crippen LogP contribution in [0.1, 0.15) is 30.0 Å². The summed E-state index contributed by atoms with van der Waals surface area (Å²) in [6, 6.07) is 14.1. The van der Waals surface area contributed by atoms with Gasteiger partial charge in [-0.15, -0.1) is 0 Å². The third-order valence-electron chi connectivity index (χ3n) is 4.18. The molecule has 0 saturated carbocycles. The zero-order valence-corrected chi connectivity index (χ0v) is 12.5. The van der Waals surface area contributed by atoms with Gasteiger partial charge in [-0.3, -0.25) is 0 Å². The summed E-state index contributed by atoms with van der Waals surface area (Å²) in [6.07, 6.45) is 1.91. The van der Waals surface area contributed by atoms with E-state index in [0.717, 1.165) is 41.7 Å². The molecule has 0 heterocycles. The van der Waals surface area contributed by atoms with E-state index in [-0.39, 0.29) is 6.04 Å². The van der Waals surface area contributed by atoms with E-state index < -0.39 is 6.09 Å². The van der Waals surface area contributed by atoms with Gasteiger partial charge in [-0.25, -0.2) is 4.79 Å². The van der Waals surface area contributed by atoms with Gasteiger partial charge < -0.3 is 15.2 Å². The lowest BCUT2D eigenvalue weighted by Crippen LogP contribution is -2.29. The molecular weight excluding hydrogens is 278 g/mol. The first-order valence-corrected chi connectivity index (χ1v) is 7.44. The summed E-state index contributed by atoms with van der Waals surface area (Å²) in [5.41, 5.74) is 4.54. The lowest BCUT2D eigenvalue weighted by molar-refractivity contribution is 0.188. The number of benzene rings is 2. The first kappa shape index (κ1) is 14.4. The molecule has 1 aliphatic carbocycles. The molecule has 0 aliphatic heterocycles. The van der Waals surface area contributed by atoms with E-state index >= 15 is 0 Å². The third kappa shape index (κ3) is 2.91. The van der Waals surface area contributed by atoms with E-state index in [9.17, 15) is 4.79 Å². The van der Waals surface area contributed by atoms with E-state index in [4.69, 9.17) is 9.84 Å². The Kier molecular flexibility index (Phi) is 4.00. The van der Waals surface area contributed by atoms with Crippen LogP contribution in [-0.4, -0.2) is 18.3 Å². The number of aryl methyl sites for hydroxylation is 1. The molecule has 1 atom stereocenters. The van der Waals surface area contributed by atoms with Gasteiger partial charge in [0, 0.05) is 0 Å². The number of carbonyl (C=O) groups is 1. The molecular formula is C18H19NO3. The highest BCUT2D eigenvalue weighted by molar-refractivity contribution is 5.68. The summed E-state index contributed by atoms with van der Waals surface area (Å²) in [7, 11) is 1.65. The van der Waals surface area contributed by atoms with E-state index in [0.29, 0.717) is 0 Å². The molecule has 22 heavy (non-hydrogen) atoms. The van der Waals surface area contributed by atoms with Crippen molar-refractivity contribution in [1.29, 1.82) is 0 Å². The minimum absolute atomic E-state index is 0.112. The van der Waals surface area contributed by atoms with E-state index in [2.05, 4.69) is 23.5 Å². The number of ether oxygens (including phenoxy) is 1. The van der Waals surface area contributed by atoms with Crippen molar-refractivity contribution in [2.24, 2.45) is 0 Å². The van der Waals surface area contributed by atoms with Crippen LogP contribution in [0.15, 0.2) is 42.5 Å². The summed E-state index contributed by atoms with van der Waals surface area (Å²) in [5, 5.41) is 11.6. The van der Waals surface area contributed by atoms with Gasteiger partial charge in [-0.1, -0.05) is 24.3 Å². The van der Waals surface area contributed by atoms with Crippen LogP contribution >= 0.6 is 0 Å². The fraction of sp³-hybridized carbons (Fsp3) is 0.278. The highest BCUT2D eigenvalue weighted by atomic mass is 16.5. The highest BCUT2D eigenvalue weighted by Crippen LogP contribution is 2.33. The van der Waals surface area contributed by atoms with Gasteiger partial charge >= 0.3 is 6.09 Å². The number of methoxy groups -OCH3 is 1. The number of hydrogen-bond donors (Lipinski definition) is 2. The van der Waals surface area contributed by atoms with Crippen LogP contribution in [0.4, 0.5) is 4.79 Å². The fourth-order valence-electron chi connectivity index (χ4n) is 3.06. The quantitative estimate of drug-likeness (QED) is 0.900. The molecule has 0 radical (unpaired) electrons. The largest absolute Gasteiger partial charge is 0.497 e. The molecule has 1 aliphatic rings. The average molecular weight is 297 g/mol. The van der Waals surface area contributed by atoms with Crippen LogP contribution in [0.2, 0.25) is 0 Å². The van der Waals surface area contributed by atoms with Crippen LogP contribution < -0.4 is 10.1 Å². The zero-order valence-electron chi connectivity index (χ0n) is 12.5. The van der Waals surface area contributed by atoms with Crippen LogP contribution in [-0.2, 0) is 6.42 Å². The van der Waals surface area contributed by atoms with Crippen molar-refractivity contribution in [3.63, 3.8) is 0 Å². The highest BCUT2D eigenvalue weighted by Gasteiger charge is 2.22. The smallest absolute Gasteiger partial charge is 0.405 e. The molecule has 4 heteroatoms. The SMILES string of the molecule is COc1ccc(-c2ccc3c(c2)C(NC(=O)O)CCC3)cc1. The first-order chi connectivity index (χ1) is 10.7. The monoisotopic (exact) mass is 297 g/mol. The van der Waals surface area contributed by atoms with Gasteiger partial charge in [0.05, 0.1) is 13.2 Å². The number of hydrogen-bond acceptors (Lipinski definition) is 2. The maximum Gasteiger partial charge on any atom is 0.405 e. The molecule has 2 aromatic carbocycles. The van der Waals surface area contributed by atoms with E-state index in [1.54, 1.807) is 7.11 Å². The van der Waals surface area contributed by atoms with Crippen molar-refractivity contribution < 1.29 is 14.6 Å². The van der Waals surface area contributed by atoms with Gasteiger partial charge in [0.25, 0.3) is 0 Å². The van der Waals surface area contributed by atoms with Crippen molar-refractivity contribution >= 4 is 6.09 Å². The Balaban J connectivity index is 1.95. The molecule has 0 fully saturated rings. The van der Waals surface area contributed by atoms with Crippen molar-refractivity contribution in [3.8, 4) is 16.9 Å². The Hall–Kier alpha value is -2.49. The van der Waals surface area contributed by atoms with Crippen LogP contribution in [0.5, 0.6) is 5.75 Å². The van der Waals surface area contributed by atoms with Crippen molar-refractivity contribution in [1.82, 2.24) is 5.32 Å². The lowest BCUT2D eigenvalue weighted by atomic mass is 9.85. The first-order valence-electron chi connectivity index (χ1n) is 7.44. The van der Waals surface area contributed by atoms with Crippen LogP contribution in [0.3, 0.4) is 0 Å². The summed E-state index contributed by atoms with van der Waals surface area (Å²) >= 11 is 0. The van der Waals surface area contributed by atoms with Gasteiger partial charge in [0.2, 0.25) is 0 Å². The van der Waals surface area contributed by atoms with Gasteiger partial charge in [0.15, 0.2) is 0 Å². The van der Waals surface area contributed by atoms with Gasteiger partial charge in [0.1, 0.15) is 5.75 Å². The Labute approximate surface area is 129 Å². The summed E-state index contributed by atoms with van der Waals surface area (Å²) in [6.45, 7) is 0. The van der Waals surface area contributed by atoms with Crippen molar-refractivity contribution in [3.05, 3.63) is 53.6 Å². The summed E-state index contributed by atoms with van der Waals surface area (Å²) < 4.78 is 5.18. The Bertz CT molecular complexity index is 679. The lowest BCUT2D eigenvalue weighted by Gasteiger charge is -2.26. The fourth-order valence-corrected chi connectivity index (χ4v) is 3.06. The van der Waals surface area contributed by atoms with Crippen molar-refractivity contribution in [2.45, 2.75) is 25.3 Å². The van der Waals surface area contributed by atoms with Crippen LogP contribution in [0.25, 0.3) is 11.1 Å². The second kappa shape index (κ2) is 6.10. The molecule has 114 valence electrons. The van der Waals surface area contributed by atoms with Crippen LogP contribution in [0, 0.1) is 0 Å². The summed E-state index contributed by atoms with van der Waals surface area (Å²) in [5.74, 6) is 0.826. The molecule has 2 N–H and O–H groups in total. The maximum absolute atomic E-state index is 11.0. The van der Waals surface area contributed by atoms with Crippen molar-refractivity contribution in [2.75, 3.05) is 7.11 Å². The van der Waals surface area contributed by atoms with Gasteiger partial charge in [-0.05, 0) is 59.7 Å². The average Bonchev–Trinajstić information content (AvgIpc) is 2.54. The predicted molar refractivity (Wildman–Crippen MR) is 85.3 cm³/mol. The Morgan fingerprint density at radius 3 is 2.59 bits per heavy atom. The predicted octanol–water partition coefficient (Wildman–Crippen LogP) is 4.01. The second-order valence-corrected chi connectivity index (χ2v) is 5.54.